The van der Waals surface area contributed by atoms with Crippen LogP contribution < -0.4 is 5.56 Å². The van der Waals surface area contributed by atoms with E-state index < -0.39 is 0 Å². The van der Waals surface area contributed by atoms with Gasteiger partial charge in [-0.25, -0.2) is 4.39 Å². The van der Waals surface area contributed by atoms with Gasteiger partial charge < -0.3 is 4.57 Å². The molecule has 0 N–H and O–H groups in total. The summed E-state index contributed by atoms with van der Waals surface area (Å²) < 4.78 is 15.8. The van der Waals surface area contributed by atoms with Crippen molar-refractivity contribution >= 4 is 15.9 Å². The monoisotopic (exact) mass is 295 g/mol. The summed E-state index contributed by atoms with van der Waals surface area (Å²) in [4.78, 5) is 11.8. The maximum Gasteiger partial charge on any atom is 0.253 e. The maximum absolute atomic E-state index is 13.6. The zero-order valence-corrected chi connectivity index (χ0v) is 10.9. The second-order valence-electron chi connectivity index (χ2n) is 3.86. The van der Waals surface area contributed by atoms with Gasteiger partial charge in [-0.3, -0.25) is 4.79 Å². The average molecular weight is 296 g/mol. The fraction of sp³-hybridized carbons (Fsp3) is 0.154. The summed E-state index contributed by atoms with van der Waals surface area (Å²) in [6.07, 6.45) is 1.66. The number of aryl methyl sites for hydroxylation is 1. The topological polar surface area (TPSA) is 22.0 Å². The summed E-state index contributed by atoms with van der Waals surface area (Å²) in [5.74, 6) is -0.312. The predicted molar refractivity (Wildman–Crippen MR) is 68.6 cm³/mol. The molecule has 0 radical (unpaired) electrons. The van der Waals surface area contributed by atoms with Crippen LogP contribution >= 0.6 is 15.9 Å². The molecule has 0 aliphatic carbocycles. The van der Waals surface area contributed by atoms with Crippen molar-refractivity contribution in [3.05, 3.63) is 68.3 Å². The van der Waals surface area contributed by atoms with Gasteiger partial charge in [-0.2, -0.15) is 0 Å². The van der Waals surface area contributed by atoms with E-state index >= 15 is 0 Å². The third-order valence-corrected chi connectivity index (χ3v) is 3.06. The summed E-state index contributed by atoms with van der Waals surface area (Å²) >= 11 is 3.20. The largest absolute Gasteiger partial charge is 0.311 e. The molecule has 0 atom stereocenters. The fourth-order valence-electron chi connectivity index (χ4n) is 1.61. The lowest BCUT2D eigenvalue weighted by molar-refractivity contribution is 0.595. The van der Waals surface area contributed by atoms with Crippen LogP contribution in [0.4, 0.5) is 4.39 Å². The van der Waals surface area contributed by atoms with E-state index in [0.29, 0.717) is 15.6 Å². The van der Waals surface area contributed by atoms with E-state index in [4.69, 9.17) is 0 Å². The van der Waals surface area contributed by atoms with Crippen molar-refractivity contribution in [2.45, 2.75) is 13.5 Å². The highest BCUT2D eigenvalue weighted by atomic mass is 79.9. The Hall–Kier alpha value is -1.42. The minimum Gasteiger partial charge on any atom is -0.311 e. The first-order valence-electron chi connectivity index (χ1n) is 5.18. The number of hydrogen-bond donors (Lipinski definition) is 0. The second kappa shape index (κ2) is 4.84. The first-order chi connectivity index (χ1) is 8.08. The number of pyridine rings is 1. The van der Waals surface area contributed by atoms with Gasteiger partial charge in [0.1, 0.15) is 5.82 Å². The van der Waals surface area contributed by atoms with Gasteiger partial charge >= 0.3 is 0 Å². The Morgan fingerprint density at radius 2 is 2.12 bits per heavy atom. The standard InChI is InChI=1S/C13H11BrFNO/c1-9-3-2-6-16(13(9)17)8-10-4-5-11(14)7-12(10)15/h2-7H,8H2,1H3. The molecule has 2 nitrogen and oxygen atoms in total. The normalized spacial score (nSPS) is 10.5. The molecular formula is C13H11BrFNO. The number of hydrogen-bond acceptors (Lipinski definition) is 1. The minimum absolute atomic E-state index is 0.0881. The van der Waals surface area contributed by atoms with Gasteiger partial charge in [0.05, 0.1) is 6.54 Å². The average Bonchev–Trinajstić information content (AvgIpc) is 2.28. The summed E-state index contributed by atoms with van der Waals surface area (Å²) in [7, 11) is 0. The molecule has 0 aliphatic heterocycles. The predicted octanol–water partition coefficient (Wildman–Crippen LogP) is 3.11. The Kier molecular flexibility index (Phi) is 3.43. The third-order valence-electron chi connectivity index (χ3n) is 2.57. The summed E-state index contributed by atoms with van der Waals surface area (Å²) in [6.45, 7) is 2.00. The highest BCUT2D eigenvalue weighted by Gasteiger charge is 2.05. The Labute approximate surface area is 107 Å². The summed E-state index contributed by atoms with van der Waals surface area (Å²) in [5.41, 5.74) is 1.07. The molecule has 88 valence electrons. The summed E-state index contributed by atoms with van der Waals surface area (Å²) in [5, 5.41) is 0. The van der Waals surface area contributed by atoms with E-state index in [1.807, 2.05) is 0 Å². The zero-order chi connectivity index (χ0) is 12.4. The SMILES string of the molecule is Cc1cccn(Cc2ccc(Br)cc2F)c1=O. The molecule has 0 aliphatic rings. The Bertz CT molecular complexity index is 607. The first kappa shape index (κ1) is 12.0. The lowest BCUT2D eigenvalue weighted by atomic mass is 10.2. The third kappa shape index (κ3) is 2.64. The zero-order valence-electron chi connectivity index (χ0n) is 9.28. The van der Waals surface area contributed by atoms with E-state index in [1.165, 1.54) is 10.6 Å². The van der Waals surface area contributed by atoms with E-state index in [2.05, 4.69) is 15.9 Å². The van der Waals surface area contributed by atoms with Crippen LogP contribution in [0.2, 0.25) is 0 Å². The van der Waals surface area contributed by atoms with Crippen LogP contribution in [-0.4, -0.2) is 4.57 Å². The van der Waals surface area contributed by atoms with Gasteiger partial charge in [-0.05, 0) is 25.1 Å². The van der Waals surface area contributed by atoms with Crippen molar-refractivity contribution in [3.63, 3.8) is 0 Å². The Balaban J connectivity index is 2.38. The van der Waals surface area contributed by atoms with Crippen molar-refractivity contribution in [2.75, 3.05) is 0 Å². The highest BCUT2D eigenvalue weighted by molar-refractivity contribution is 9.10. The van der Waals surface area contributed by atoms with E-state index in [-0.39, 0.29) is 17.9 Å². The van der Waals surface area contributed by atoms with Crippen LogP contribution in [0.5, 0.6) is 0 Å². The molecule has 0 bridgehead atoms. The van der Waals surface area contributed by atoms with Crippen LogP contribution in [0.3, 0.4) is 0 Å². The first-order valence-corrected chi connectivity index (χ1v) is 5.97. The smallest absolute Gasteiger partial charge is 0.253 e. The van der Waals surface area contributed by atoms with Crippen molar-refractivity contribution in [3.8, 4) is 0 Å². The van der Waals surface area contributed by atoms with E-state index in [0.717, 1.165) is 0 Å². The molecule has 1 aromatic heterocycles. The number of halogens is 2. The van der Waals surface area contributed by atoms with Crippen molar-refractivity contribution < 1.29 is 4.39 Å². The van der Waals surface area contributed by atoms with Crippen molar-refractivity contribution in [1.82, 2.24) is 4.57 Å². The van der Waals surface area contributed by atoms with Gasteiger partial charge in [0, 0.05) is 21.8 Å². The van der Waals surface area contributed by atoms with Crippen LogP contribution in [0.1, 0.15) is 11.1 Å². The molecule has 0 saturated heterocycles. The van der Waals surface area contributed by atoms with E-state index in [1.54, 1.807) is 37.4 Å². The molecular weight excluding hydrogens is 285 g/mol. The van der Waals surface area contributed by atoms with Gasteiger partial charge in [-0.15, -0.1) is 0 Å². The van der Waals surface area contributed by atoms with Crippen LogP contribution in [0.15, 0.2) is 45.8 Å². The van der Waals surface area contributed by atoms with Crippen LogP contribution in [-0.2, 0) is 6.54 Å². The Morgan fingerprint density at radius 1 is 1.35 bits per heavy atom. The van der Waals surface area contributed by atoms with Gasteiger partial charge in [0.2, 0.25) is 0 Å². The number of rotatable bonds is 2. The quantitative estimate of drug-likeness (QED) is 0.834. The van der Waals surface area contributed by atoms with Gasteiger partial charge in [-0.1, -0.05) is 28.1 Å². The molecule has 1 heterocycles. The molecule has 0 unspecified atom stereocenters. The fourth-order valence-corrected chi connectivity index (χ4v) is 1.95. The molecule has 2 aromatic rings. The lowest BCUT2D eigenvalue weighted by Gasteiger charge is -2.07. The minimum atomic E-state index is -0.312. The van der Waals surface area contributed by atoms with Gasteiger partial charge in [0.25, 0.3) is 5.56 Å². The highest BCUT2D eigenvalue weighted by Crippen LogP contribution is 2.15. The number of benzene rings is 1. The molecule has 2 rings (SSSR count). The van der Waals surface area contributed by atoms with Crippen molar-refractivity contribution in [1.29, 1.82) is 0 Å². The molecule has 17 heavy (non-hydrogen) atoms. The van der Waals surface area contributed by atoms with E-state index in [9.17, 15) is 9.18 Å². The van der Waals surface area contributed by atoms with Crippen LogP contribution in [0.25, 0.3) is 0 Å². The molecule has 4 heteroatoms. The molecule has 0 saturated carbocycles. The second-order valence-corrected chi connectivity index (χ2v) is 4.78. The lowest BCUT2D eigenvalue weighted by Crippen LogP contribution is -2.22. The summed E-state index contributed by atoms with van der Waals surface area (Å²) in [6, 6.07) is 8.37. The number of nitrogens with zero attached hydrogens (tertiary/aromatic N) is 1. The molecule has 0 spiro atoms. The van der Waals surface area contributed by atoms with Crippen LogP contribution in [0, 0.1) is 12.7 Å². The Morgan fingerprint density at radius 3 is 2.82 bits per heavy atom. The maximum atomic E-state index is 13.6. The molecule has 0 fully saturated rings. The number of aromatic nitrogens is 1. The van der Waals surface area contributed by atoms with Crippen molar-refractivity contribution in [2.24, 2.45) is 0 Å². The molecule has 1 aromatic carbocycles. The molecule has 0 amide bonds. The van der Waals surface area contributed by atoms with Gasteiger partial charge in [0.15, 0.2) is 0 Å².